The minimum atomic E-state index is -1.28. The van der Waals surface area contributed by atoms with Crippen LogP contribution >= 0.6 is 0 Å². The van der Waals surface area contributed by atoms with Gasteiger partial charge in [0.2, 0.25) is 0 Å². The van der Waals surface area contributed by atoms with Gasteiger partial charge < -0.3 is 30.0 Å². The zero-order valence-electron chi connectivity index (χ0n) is 21.8. The van der Waals surface area contributed by atoms with E-state index in [0.29, 0.717) is 18.3 Å². The van der Waals surface area contributed by atoms with Crippen molar-refractivity contribution in [2.24, 2.45) is 0 Å². The molecule has 35 heavy (non-hydrogen) atoms. The first-order chi connectivity index (χ1) is 16.4. The van der Waals surface area contributed by atoms with Gasteiger partial charge in [-0.15, -0.1) is 0 Å². The summed E-state index contributed by atoms with van der Waals surface area (Å²) in [5, 5.41) is 16.0. The number of hydrogen-bond acceptors (Lipinski definition) is 6. The molecule has 1 saturated carbocycles. The number of aliphatic carboxylic acids is 1. The van der Waals surface area contributed by atoms with Crippen LogP contribution in [0.15, 0.2) is 24.3 Å². The van der Waals surface area contributed by atoms with Crippen LogP contribution in [0, 0.1) is 0 Å². The standard InChI is InChI=1S/C27H42N2O6/c1-26(2,3)35-25(32)29-21-10-8-16-28-22(21)17-33-19-14-12-18(13-15-19)20-9-6-7-11-23(20)34-27(4,5)24(30)31/h6-7,9,11,18-19,21-22,28H,8,10,12-17H2,1-5H3,(H,29,32)(H,30,31). The minimum Gasteiger partial charge on any atom is -0.478 e. The van der Waals surface area contributed by atoms with Gasteiger partial charge >= 0.3 is 12.1 Å². The number of piperidine rings is 1. The van der Waals surface area contributed by atoms with Crippen molar-refractivity contribution in [3.8, 4) is 5.75 Å². The summed E-state index contributed by atoms with van der Waals surface area (Å²) >= 11 is 0. The molecular formula is C27H42N2O6. The summed E-state index contributed by atoms with van der Waals surface area (Å²) in [6, 6.07) is 7.79. The second-order valence-electron chi connectivity index (χ2n) is 11.2. The smallest absolute Gasteiger partial charge is 0.407 e. The van der Waals surface area contributed by atoms with Gasteiger partial charge in [-0.25, -0.2) is 9.59 Å². The summed E-state index contributed by atoms with van der Waals surface area (Å²) in [7, 11) is 0. The van der Waals surface area contributed by atoms with E-state index >= 15 is 0 Å². The van der Waals surface area contributed by atoms with E-state index in [9.17, 15) is 14.7 Å². The fourth-order valence-electron chi connectivity index (χ4n) is 4.77. The van der Waals surface area contributed by atoms with Crippen LogP contribution in [0.2, 0.25) is 0 Å². The molecule has 1 amide bonds. The van der Waals surface area contributed by atoms with E-state index in [2.05, 4.69) is 10.6 Å². The number of ether oxygens (including phenoxy) is 3. The topological polar surface area (TPSA) is 106 Å². The number of nitrogens with one attached hydrogen (secondary N) is 2. The average molecular weight is 491 g/mol. The molecule has 2 aliphatic rings. The Morgan fingerprint density at radius 1 is 1.06 bits per heavy atom. The van der Waals surface area contributed by atoms with Crippen LogP contribution in [0.25, 0.3) is 0 Å². The molecule has 196 valence electrons. The number of rotatable bonds is 8. The Bertz CT molecular complexity index is 857. The van der Waals surface area contributed by atoms with Crippen molar-refractivity contribution < 1.29 is 28.9 Å². The van der Waals surface area contributed by atoms with Gasteiger partial charge in [0, 0.05) is 6.04 Å². The Labute approximate surface area is 209 Å². The molecule has 8 nitrogen and oxygen atoms in total. The number of carboxylic acids is 1. The van der Waals surface area contributed by atoms with Gasteiger partial charge in [-0.05, 0) is 97.2 Å². The molecule has 2 atom stereocenters. The number of para-hydroxylation sites is 1. The van der Waals surface area contributed by atoms with Crippen LogP contribution in [0.5, 0.6) is 5.75 Å². The van der Waals surface area contributed by atoms with Crippen molar-refractivity contribution in [3.05, 3.63) is 29.8 Å². The number of carbonyl (C=O) groups excluding carboxylic acids is 1. The normalized spacial score (nSPS) is 25.5. The first-order valence-corrected chi connectivity index (χ1v) is 12.8. The first-order valence-electron chi connectivity index (χ1n) is 12.8. The van der Waals surface area contributed by atoms with Gasteiger partial charge in [0.25, 0.3) is 0 Å². The Kier molecular flexibility index (Phi) is 9.05. The lowest BCUT2D eigenvalue weighted by Crippen LogP contribution is -2.56. The van der Waals surface area contributed by atoms with Crippen LogP contribution in [-0.2, 0) is 14.3 Å². The maximum atomic E-state index is 12.3. The highest BCUT2D eigenvalue weighted by Crippen LogP contribution is 2.39. The van der Waals surface area contributed by atoms with Crippen molar-refractivity contribution in [2.45, 2.75) is 108 Å². The van der Waals surface area contributed by atoms with Crippen molar-refractivity contribution in [1.29, 1.82) is 0 Å². The van der Waals surface area contributed by atoms with Crippen LogP contribution in [0.1, 0.15) is 84.6 Å². The molecule has 1 heterocycles. The van der Waals surface area contributed by atoms with E-state index in [1.54, 1.807) is 13.8 Å². The quantitative estimate of drug-likeness (QED) is 0.488. The van der Waals surface area contributed by atoms with E-state index in [4.69, 9.17) is 14.2 Å². The van der Waals surface area contributed by atoms with Crippen molar-refractivity contribution in [3.63, 3.8) is 0 Å². The summed E-state index contributed by atoms with van der Waals surface area (Å²) in [6.07, 6.45) is 5.45. The predicted octanol–water partition coefficient (Wildman–Crippen LogP) is 4.62. The Morgan fingerprint density at radius 3 is 2.40 bits per heavy atom. The summed E-state index contributed by atoms with van der Waals surface area (Å²) < 4.78 is 17.6. The SMILES string of the molecule is CC(C)(C)OC(=O)NC1CCCNC1COC1CCC(c2ccccc2OC(C)(C)C(=O)O)CC1. The second kappa shape index (κ2) is 11.6. The monoisotopic (exact) mass is 490 g/mol. The molecule has 1 aliphatic heterocycles. The number of amides is 1. The molecule has 8 heteroatoms. The maximum Gasteiger partial charge on any atom is 0.407 e. The molecule has 2 fully saturated rings. The molecule has 1 saturated heterocycles. The van der Waals surface area contributed by atoms with Gasteiger partial charge in [-0.1, -0.05) is 18.2 Å². The van der Waals surface area contributed by atoms with Crippen LogP contribution < -0.4 is 15.4 Å². The Morgan fingerprint density at radius 2 is 1.74 bits per heavy atom. The molecule has 3 N–H and O–H groups in total. The maximum absolute atomic E-state index is 12.3. The molecule has 0 bridgehead atoms. The molecular weight excluding hydrogens is 448 g/mol. The summed E-state index contributed by atoms with van der Waals surface area (Å²) in [5.74, 6) is -0.0306. The molecule has 3 rings (SSSR count). The predicted molar refractivity (Wildman–Crippen MR) is 134 cm³/mol. The van der Waals surface area contributed by atoms with Crippen molar-refractivity contribution >= 4 is 12.1 Å². The number of alkyl carbamates (subject to hydrolysis) is 1. The van der Waals surface area contributed by atoms with Gasteiger partial charge in [-0.2, -0.15) is 0 Å². The highest BCUT2D eigenvalue weighted by Gasteiger charge is 2.33. The van der Waals surface area contributed by atoms with E-state index in [1.165, 1.54) is 0 Å². The molecule has 0 spiro atoms. The molecule has 0 radical (unpaired) electrons. The molecule has 1 aliphatic carbocycles. The highest BCUT2D eigenvalue weighted by molar-refractivity contribution is 5.76. The minimum absolute atomic E-state index is 0.0171. The molecule has 0 aromatic heterocycles. The molecule has 2 unspecified atom stereocenters. The van der Waals surface area contributed by atoms with Crippen LogP contribution in [-0.4, -0.2) is 59.7 Å². The third kappa shape index (κ3) is 8.10. The van der Waals surface area contributed by atoms with E-state index in [0.717, 1.165) is 50.6 Å². The van der Waals surface area contributed by atoms with Crippen LogP contribution in [0.3, 0.4) is 0 Å². The summed E-state index contributed by atoms with van der Waals surface area (Å²) in [4.78, 5) is 23.8. The third-order valence-corrected chi connectivity index (χ3v) is 6.71. The largest absolute Gasteiger partial charge is 0.478 e. The highest BCUT2D eigenvalue weighted by atomic mass is 16.6. The van der Waals surface area contributed by atoms with Crippen molar-refractivity contribution in [1.82, 2.24) is 10.6 Å². The Balaban J connectivity index is 1.51. The summed E-state index contributed by atoms with van der Waals surface area (Å²) in [5.41, 5.74) is -0.743. The van der Waals surface area contributed by atoms with Crippen molar-refractivity contribution in [2.75, 3.05) is 13.2 Å². The Hall–Kier alpha value is -2.32. The van der Waals surface area contributed by atoms with Gasteiger partial charge in [0.1, 0.15) is 11.4 Å². The fraction of sp³-hybridized carbons (Fsp3) is 0.704. The lowest BCUT2D eigenvalue weighted by atomic mass is 9.82. The lowest BCUT2D eigenvalue weighted by molar-refractivity contribution is -0.152. The number of carboxylic acid groups (broad SMARTS) is 1. The van der Waals surface area contributed by atoms with Gasteiger partial charge in [-0.3, -0.25) is 0 Å². The lowest BCUT2D eigenvalue weighted by Gasteiger charge is -2.36. The van der Waals surface area contributed by atoms with E-state index in [-0.39, 0.29) is 24.3 Å². The first kappa shape index (κ1) is 27.3. The second-order valence-corrected chi connectivity index (χ2v) is 11.2. The number of benzene rings is 1. The third-order valence-electron chi connectivity index (χ3n) is 6.71. The van der Waals surface area contributed by atoms with Crippen LogP contribution in [0.4, 0.5) is 4.79 Å². The number of carbonyl (C=O) groups is 2. The zero-order valence-corrected chi connectivity index (χ0v) is 21.8. The molecule has 1 aromatic carbocycles. The zero-order chi connectivity index (χ0) is 25.6. The van der Waals surface area contributed by atoms with Gasteiger partial charge in [0.15, 0.2) is 5.60 Å². The molecule has 1 aromatic rings. The fourth-order valence-corrected chi connectivity index (χ4v) is 4.77. The van der Waals surface area contributed by atoms with E-state index < -0.39 is 17.2 Å². The van der Waals surface area contributed by atoms with Gasteiger partial charge in [0.05, 0.1) is 18.8 Å². The average Bonchev–Trinajstić information content (AvgIpc) is 2.78. The van der Waals surface area contributed by atoms with E-state index in [1.807, 2.05) is 45.0 Å². The summed E-state index contributed by atoms with van der Waals surface area (Å²) in [6.45, 7) is 10.2. The number of hydrogen-bond donors (Lipinski definition) is 3.